The highest BCUT2D eigenvalue weighted by Crippen LogP contribution is 2.41. The molecule has 0 saturated heterocycles. The number of H-pyrrole nitrogens is 2. The maximum absolute atomic E-state index is 9.85. The lowest BCUT2D eigenvalue weighted by Gasteiger charge is -2.08. The first kappa shape index (κ1) is 34.7. The van der Waals surface area contributed by atoms with Gasteiger partial charge in [-0.3, -0.25) is 0 Å². The third kappa shape index (κ3) is 6.59. The zero-order valence-corrected chi connectivity index (χ0v) is 31.6. The molecule has 5 heterocycles. The summed E-state index contributed by atoms with van der Waals surface area (Å²) in [4.78, 5) is 21.2. The Balaban J connectivity index is 1.51. The van der Waals surface area contributed by atoms with E-state index in [0.717, 1.165) is 78.0 Å². The Morgan fingerprint density at radius 3 is 1.16 bits per heavy atom. The molecule has 55 heavy (non-hydrogen) atoms. The van der Waals surface area contributed by atoms with Crippen molar-refractivity contribution in [2.75, 3.05) is 0 Å². The standard InChI is InChI=1S/C44H25Cl4N7/c45-28-9-1-24(2-10-28)40-32-17-18-33(50-32)41(25-3-11-29(46)12-4-25)35-21-22-37(52-35)43(27-7-15-31(48)16-8-27)44-39(54-55-49)23-38(53-44)42(36-20-19-34(40)51-36)26-5-13-30(47)14-6-26/h1-23,51-52H. The van der Waals surface area contributed by atoms with Crippen LogP contribution in [0, 0.1) is 0 Å². The van der Waals surface area contributed by atoms with Gasteiger partial charge in [0.25, 0.3) is 0 Å². The average molecular weight is 794 g/mol. The van der Waals surface area contributed by atoms with Crippen molar-refractivity contribution in [1.29, 1.82) is 0 Å². The van der Waals surface area contributed by atoms with E-state index in [1.54, 1.807) is 0 Å². The molecule has 2 N–H and O–H groups in total. The summed E-state index contributed by atoms with van der Waals surface area (Å²) in [6, 6.07) is 38.5. The van der Waals surface area contributed by atoms with Crippen molar-refractivity contribution >= 4 is 92.4 Å². The number of nitrogens with one attached hydrogen (secondary N) is 2. The zero-order valence-electron chi connectivity index (χ0n) is 28.5. The summed E-state index contributed by atoms with van der Waals surface area (Å²) in [5.74, 6) is 0. The van der Waals surface area contributed by atoms with E-state index < -0.39 is 0 Å². The lowest BCUT2D eigenvalue weighted by molar-refractivity contribution is 1.29. The highest BCUT2D eigenvalue weighted by atomic mass is 35.5. The van der Waals surface area contributed by atoms with Gasteiger partial charge in [0.1, 0.15) is 0 Å². The summed E-state index contributed by atoms with van der Waals surface area (Å²) in [6.45, 7) is 0. The summed E-state index contributed by atoms with van der Waals surface area (Å²) < 4.78 is 0. The van der Waals surface area contributed by atoms with Gasteiger partial charge in [0.15, 0.2) is 0 Å². The van der Waals surface area contributed by atoms with E-state index in [2.05, 4.69) is 20.0 Å². The normalized spacial score (nSPS) is 12.0. The fourth-order valence-electron chi connectivity index (χ4n) is 7.07. The summed E-state index contributed by atoms with van der Waals surface area (Å²) >= 11 is 25.5. The quantitative estimate of drug-likeness (QED) is 0.103. The number of nitrogens with zero attached hydrogens (tertiary/aromatic N) is 5. The molecule has 0 atom stereocenters. The SMILES string of the molecule is [N-]=[N+]=NC1=Cc2nc1c(-c1ccc(Cl)cc1)c1ccc([nH]1)c(-c1ccc(Cl)cc1)c1nc(c(-c3ccc(Cl)cc3)c3ccc([nH]3)c2-c2ccc(Cl)cc2)C=C1. The molecule has 2 aliphatic heterocycles. The molecule has 2 aliphatic rings. The highest BCUT2D eigenvalue weighted by molar-refractivity contribution is 6.31. The minimum absolute atomic E-state index is 0.360. The van der Waals surface area contributed by atoms with Crippen LogP contribution in [-0.2, 0) is 0 Å². The molecule has 7 nitrogen and oxygen atoms in total. The van der Waals surface area contributed by atoms with Crippen LogP contribution in [0.3, 0.4) is 0 Å². The first-order chi connectivity index (χ1) is 26.8. The Morgan fingerprint density at radius 2 is 0.782 bits per heavy atom. The Labute approximate surface area is 334 Å². The number of hydrogen-bond acceptors (Lipinski definition) is 3. The zero-order chi connectivity index (χ0) is 37.6. The van der Waals surface area contributed by atoms with Crippen LogP contribution in [0.1, 0.15) is 22.8 Å². The number of aromatic nitrogens is 4. The van der Waals surface area contributed by atoms with E-state index in [0.29, 0.717) is 37.2 Å². The minimum atomic E-state index is 0.360. The van der Waals surface area contributed by atoms with Gasteiger partial charge in [-0.1, -0.05) is 100 Å². The average Bonchev–Trinajstić information content (AvgIpc) is 4.02. The van der Waals surface area contributed by atoms with E-state index >= 15 is 0 Å². The topological polar surface area (TPSA) is 106 Å². The number of fused-ring (bicyclic) bond motifs is 8. The molecule has 264 valence electrons. The fraction of sp³-hybridized carbons (Fsp3) is 0. The summed E-state index contributed by atoms with van der Waals surface area (Å²) in [5.41, 5.74) is 22.7. The predicted octanol–water partition coefficient (Wildman–Crippen LogP) is 14.6. The predicted molar refractivity (Wildman–Crippen MR) is 229 cm³/mol. The third-order valence-corrected chi connectivity index (χ3v) is 10.5. The van der Waals surface area contributed by atoms with Crippen LogP contribution in [0.5, 0.6) is 0 Å². The molecule has 0 unspecified atom stereocenters. The Hall–Kier alpha value is -6.05. The monoisotopic (exact) mass is 791 g/mol. The van der Waals surface area contributed by atoms with Crippen LogP contribution in [0.2, 0.25) is 20.1 Å². The van der Waals surface area contributed by atoms with Gasteiger partial charge in [-0.25, -0.2) is 9.97 Å². The van der Waals surface area contributed by atoms with Gasteiger partial charge >= 0.3 is 0 Å². The third-order valence-electron chi connectivity index (χ3n) is 9.53. The molecule has 7 aromatic rings. The van der Waals surface area contributed by atoms with Gasteiger partial charge in [0, 0.05) is 69.3 Å². The van der Waals surface area contributed by atoms with Crippen molar-refractivity contribution in [2.45, 2.75) is 0 Å². The van der Waals surface area contributed by atoms with Crippen molar-refractivity contribution in [3.63, 3.8) is 0 Å². The summed E-state index contributed by atoms with van der Waals surface area (Å²) in [5, 5.41) is 6.62. The maximum atomic E-state index is 9.85. The molecule has 0 saturated carbocycles. The number of rotatable bonds is 5. The Morgan fingerprint density at radius 1 is 0.436 bits per heavy atom. The van der Waals surface area contributed by atoms with E-state index in [4.69, 9.17) is 56.4 Å². The van der Waals surface area contributed by atoms with Gasteiger partial charge < -0.3 is 9.97 Å². The molecule has 0 amide bonds. The Bertz CT molecular complexity index is 2940. The number of hydrogen-bond donors (Lipinski definition) is 2. The lowest BCUT2D eigenvalue weighted by atomic mass is 10.0. The van der Waals surface area contributed by atoms with Crippen LogP contribution in [0.25, 0.3) is 101 Å². The van der Waals surface area contributed by atoms with Crippen molar-refractivity contribution < 1.29 is 0 Å². The van der Waals surface area contributed by atoms with Crippen molar-refractivity contribution in [3.8, 4) is 44.5 Å². The number of benzene rings is 4. The van der Waals surface area contributed by atoms with Crippen molar-refractivity contribution in [3.05, 3.63) is 175 Å². The van der Waals surface area contributed by atoms with Crippen LogP contribution >= 0.6 is 46.4 Å². The molecular weight excluding hydrogens is 768 g/mol. The fourth-order valence-corrected chi connectivity index (χ4v) is 7.57. The van der Waals surface area contributed by atoms with Gasteiger partial charge in [-0.2, -0.15) is 0 Å². The van der Waals surface area contributed by atoms with Crippen molar-refractivity contribution in [2.24, 2.45) is 5.11 Å². The van der Waals surface area contributed by atoms with Crippen LogP contribution in [-0.4, -0.2) is 19.9 Å². The molecule has 11 heteroatoms. The summed E-state index contributed by atoms with van der Waals surface area (Å²) in [6.07, 6.45) is 5.87. The first-order valence-electron chi connectivity index (χ1n) is 17.1. The lowest BCUT2D eigenvalue weighted by Crippen LogP contribution is -1.90. The Kier molecular flexibility index (Phi) is 9.03. The molecule has 8 bridgehead atoms. The van der Waals surface area contributed by atoms with Crippen LogP contribution in [0.4, 0.5) is 0 Å². The second-order valence-electron chi connectivity index (χ2n) is 12.9. The van der Waals surface area contributed by atoms with Gasteiger partial charge in [0.05, 0.1) is 28.5 Å². The van der Waals surface area contributed by atoms with Crippen LogP contribution in [0.15, 0.2) is 126 Å². The molecule has 0 aliphatic carbocycles. The largest absolute Gasteiger partial charge is 0.354 e. The second kappa shape index (κ2) is 14.3. The number of azide groups is 1. The molecule has 0 fully saturated rings. The van der Waals surface area contributed by atoms with Crippen LogP contribution < -0.4 is 0 Å². The van der Waals surface area contributed by atoms with E-state index in [-0.39, 0.29) is 0 Å². The smallest absolute Gasteiger partial charge is 0.0832 e. The first-order valence-corrected chi connectivity index (χ1v) is 18.6. The molecule has 3 aromatic heterocycles. The highest BCUT2D eigenvalue weighted by Gasteiger charge is 2.22. The minimum Gasteiger partial charge on any atom is -0.354 e. The maximum Gasteiger partial charge on any atom is 0.0832 e. The van der Waals surface area contributed by atoms with Gasteiger partial charge in [-0.15, -0.1) is 0 Å². The van der Waals surface area contributed by atoms with Gasteiger partial charge in [-0.05, 0) is 119 Å². The van der Waals surface area contributed by atoms with E-state index in [9.17, 15) is 5.53 Å². The van der Waals surface area contributed by atoms with E-state index in [1.165, 1.54) is 0 Å². The molecule has 0 spiro atoms. The number of aromatic amines is 2. The number of halogens is 4. The van der Waals surface area contributed by atoms with E-state index in [1.807, 2.05) is 140 Å². The molecular formula is C44H25Cl4N7. The second-order valence-corrected chi connectivity index (χ2v) is 14.6. The molecule has 4 aromatic carbocycles. The van der Waals surface area contributed by atoms with Crippen molar-refractivity contribution in [1.82, 2.24) is 19.9 Å². The molecule has 9 rings (SSSR count). The molecule has 0 radical (unpaired) electrons. The van der Waals surface area contributed by atoms with Gasteiger partial charge in [0.2, 0.25) is 0 Å². The summed E-state index contributed by atoms with van der Waals surface area (Å²) in [7, 11) is 0.